The molecule has 2 nitrogen and oxygen atoms in total. The van der Waals surface area contributed by atoms with Crippen molar-refractivity contribution in [2.75, 3.05) is 0 Å². The van der Waals surface area contributed by atoms with Crippen molar-refractivity contribution in [3.63, 3.8) is 0 Å². The molecule has 16 heavy (non-hydrogen) atoms. The van der Waals surface area contributed by atoms with Crippen molar-refractivity contribution >= 4 is 0 Å². The van der Waals surface area contributed by atoms with Crippen LogP contribution in [0.25, 0.3) is 0 Å². The molecular formula is C13H22KNO. The van der Waals surface area contributed by atoms with Crippen molar-refractivity contribution in [2.24, 2.45) is 11.3 Å². The quantitative estimate of drug-likeness (QED) is 0.548. The molecule has 86 valence electrons. The minimum absolute atomic E-state index is 0. The van der Waals surface area contributed by atoms with Crippen molar-refractivity contribution in [3.8, 4) is 6.07 Å². The van der Waals surface area contributed by atoms with Crippen LogP contribution in [-0.2, 0) is 0 Å². The SMILES string of the molecule is CC(C)(C)[O-].N#CC1CCCCC12CC2.[K+]. The van der Waals surface area contributed by atoms with E-state index in [1.807, 2.05) is 0 Å². The van der Waals surface area contributed by atoms with Gasteiger partial charge in [-0.3, -0.25) is 0 Å². The Balaban J connectivity index is 0.000000330. The molecule has 3 heteroatoms. The van der Waals surface area contributed by atoms with Gasteiger partial charge in [0.05, 0.1) is 12.0 Å². The molecule has 0 aromatic heterocycles. The molecule has 0 aliphatic heterocycles. The zero-order valence-corrected chi connectivity index (χ0v) is 14.3. The first-order valence-corrected chi connectivity index (χ1v) is 5.97. The normalized spacial score (nSPS) is 25.8. The van der Waals surface area contributed by atoms with Crippen LogP contribution >= 0.6 is 0 Å². The molecule has 2 fully saturated rings. The van der Waals surface area contributed by atoms with E-state index in [9.17, 15) is 5.11 Å². The Morgan fingerprint density at radius 1 is 1.19 bits per heavy atom. The van der Waals surface area contributed by atoms with Gasteiger partial charge >= 0.3 is 51.4 Å². The maximum absolute atomic E-state index is 10.1. The van der Waals surface area contributed by atoms with E-state index in [2.05, 4.69) is 6.07 Å². The van der Waals surface area contributed by atoms with Crippen molar-refractivity contribution in [3.05, 3.63) is 0 Å². The van der Waals surface area contributed by atoms with E-state index in [-0.39, 0.29) is 51.4 Å². The second-order valence-corrected chi connectivity index (χ2v) is 5.90. The average molecular weight is 247 g/mol. The number of hydrogen-bond acceptors (Lipinski definition) is 2. The zero-order chi connectivity index (χ0) is 11.5. The largest absolute Gasteiger partial charge is 1.00 e. The summed E-state index contributed by atoms with van der Waals surface area (Å²) in [7, 11) is 0. The molecule has 2 aliphatic rings. The first-order valence-electron chi connectivity index (χ1n) is 5.97. The van der Waals surface area contributed by atoms with Crippen molar-refractivity contribution < 1.29 is 56.5 Å². The van der Waals surface area contributed by atoms with E-state index in [0.717, 1.165) is 0 Å². The number of nitrogens with zero attached hydrogens (tertiary/aromatic N) is 1. The molecule has 0 N–H and O–H groups in total. The predicted molar refractivity (Wildman–Crippen MR) is 59.0 cm³/mol. The second kappa shape index (κ2) is 6.87. The Bertz CT molecular complexity index is 242. The van der Waals surface area contributed by atoms with Gasteiger partial charge in [-0.05, 0) is 31.1 Å². The third-order valence-electron chi connectivity index (χ3n) is 3.20. The fourth-order valence-corrected chi connectivity index (χ4v) is 2.27. The molecule has 1 atom stereocenters. The Kier molecular flexibility index (Phi) is 7.34. The van der Waals surface area contributed by atoms with E-state index in [4.69, 9.17) is 5.26 Å². The molecule has 2 rings (SSSR count). The van der Waals surface area contributed by atoms with Crippen molar-refractivity contribution in [2.45, 2.75) is 64.9 Å². The molecule has 0 radical (unpaired) electrons. The molecule has 1 unspecified atom stereocenters. The Morgan fingerprint density at radius 2 is 1.69 bits per heavy atom. The summed E-state index contributed by atoms with van der Waals surface area (Å²) in [6, 6.07) is 2.46. The fraction of sp³-hybridized carbons (Fsp3) is 0.923. The van der Waals surface area contributed by atoms with Crippen LogP contribution < -0.4 is 56.5 Å². The molecular weight excluding hydrogens is 225 g/mol. The summed E-state index contributed by atoms with van der Waals surface area (Å²) in [5, 5.41) is 18.9. The van der Waals surface area contributed by atoms with Gasteiger partial charge in [0.15, 0.2) is 0 Å². The van der Waals surface area contributed by atoms with Gasteiger partial charge in [0.1, 0.15) is 0 Å². The topological polar surface area (TPSA) is 46.8 Å². The van der Waals surface area contributed by atoms with Gasteiger partial charge in [-0.25, -0.2) is 0 Å². The molecule has 0 heterocycles. The monoisotopic (exact) mass is 247 g/mol. The number of nitriles is 1. The summed E-state index contributed by atoms with van der Waals surface area (Å²) >= 11 is 0. The third kappa shape index (κ3) is 6.14. The molecule has 0 amide bonds. The van der Waals surface area contributed by atoms with Crippen LogP contribution in [0, 0.1) is 22.7 Å². The van der Waals surface area contributed by atoms with Gasteiger partial charge in [-0.2, -0.15) is 5.26 Å². The Hall–Kier alpha value is 1.09. The number of rotatable bonds is 0. The summed E-state index contributed by atoms with van der Waals surface area (Å²) in [5.74, 6) is 0.418. The minimum Gasteiger partial charge on any atom is -0.850 e. The average Bonchev–Trinajstić information content (AvgIpc) is 2.84. The standard InChI is InChI=1S/C9H13N.C4H9O.K/c10-7-8-3-1-2-4-9(8)5-6-9;1-4(2,3)5;/h8H,1-6H2;1-3H3;/q;-1;+1. The minimum atomic E-state index is -0.750. The van der Waals surface area contributed by atoms with Crippen molar-refractivity contribution in [1.82, 2.24) is 0 Å². The van der Waals surface area contributed by atoms with Crippen LogP contribution in [0.3, 0.4) is 0 Å². The van der Waals surface area contributed by atoms with Gasteiger partial charge in [-0.1, -0.05) is 33.6 Å². The predicted octanol–water partition coefficient (Wildman–Crippen LogP) is -0.370. The molecule has 0 bridgehead atoms. The van der Waals surface area contributed by atoms with Crippen LogP contribution in [0.1, 0.15) is 59.3 Å². The van der Waals surface area contributed by atoms with Crippen LogP contribution in [0.5, 0.6) is 0 Å². The van der Waals surface area contributed by atoms with Crippen LogP contribution in [0.4, 0.5) is 0 Å². The van der Waals surface area contributed by atoms with Crippen LogP contribution in [-0.4, -0.2) is 5.60 Å². The van der Waals surface area contributed by atoms with Gasteiger partial charge < -0.3 is 5.11 Å². The summed E-state index contributed by atoms with van der Waals surface area (Å²) < 4.78 is 0. The maximum atomic E-state index is 10.1. The Labute approximate surface area is 142 Å². The Morgan fingerprint density at radius 3 is 2.00 bits per heavy atom. The molecule has 1 spiro atoms. The van der Waals surface area contributed by atoms with Crippen LogP contribution in [0.15, 0.2) is 0 Å². The first-order chi connectivity index (χ1) is 6.87. The smallest absolute Gasteiger partial charge is 0.850 e. The zero-order valence-electron chi connectivity index (χ0n) is 11.2. The summed E-state index contributed by atoms with van der Waals surface area (Å²) in [6.45, 7) is 4.90. The maximum Gasteiger partial charge on any atom is 1.00 e. The fourth-order valence-electron chi connectivity index (χ4n) is 2.27. The van der Waals surface area contributed by atoms with Crippen LogP contribution in [0.2, 0.25) is 0 Å². The van der Waals surface area contributed by atoms with Crippen molar-refractivity contribution in [1.29, 1.82) is 5.26 Å². The molecule has 2 saturated carbocycles. The first kappa shape index (κ1) is 17.1. The van der Waals surface area contributed by atoms with E-state index in [1.54, 1.807) is 20.8 Å². The van der Waals surface area contributed by atoms with Gasteiger partial charge in [0.2, 0.25) is 0 Å². The second-order valence-electron chi connectivity index (χ2n) is 5.90. The van der Waals surface area contributed by atoms with Gasteiger partial charge in [0, 0.05) is 0 Å². The molecule has 0 saturated heterocycles. The van der Waals surface area contributed by atoms with E-state index < -0.39 is 5.60 Å². The molecule has 2 aliphatic carbocycles. The van der Waals surface area contributed by atoms with E-state index in [1.165, 1.54) is 38.5 Å². The van der Waals surface area contributed by atoms with Gasteiger partial charge in [0.25, 0.3) is 0 Å². The van der Waals surface area contributed by atoms with E-state index >= 15 is 0 Å². The molecule has 0 aromatic rings. The number of hydrogen-bond donors (Lipinski definition) is 0. The summed E-state index contributed by atoms with van der Waals surface area (Å²) in [5.41, 5.74) is -0.215. The third-order valence-corrected chi connectivity index (χ3v) is 3.20. The summed E-state index contributed by atoms with van der Waals surface area (Å²) in [6.07, 6.45) is 7.86. The molecule has 0 aromatic carbocycles. The van der Waals surface area contributed by atoms with Gasteiger partial charge in [-0.15, -0.1) is 5.60 Å². The van der Waals surface area contributed by atoms with E-state index in [0.29, 0.717) is 11.3 Å². The summed E-state index contributed by atoms with van der Waals surface area (Å²) in [4.78, 5) is 0.